The largest absolute Gasteiger partial charge is 0.345 e. The molecule has 7 heteroatoms. The Morgan fingerprint density at radius 3 is 2.63 bits per heavy atom. The number of amides is 1. The van der Waals surface area contributed by atoms with Gasteiger partial charge in [-0.25, -0.2) is 9.67 Å². The molecule has 0 fully saturated rings. The molecule has 0 aliphatic rings. The molecule has 0 bridgehead atoms. The first-order valence-electron chi connectivity index (χ1n) is 9.67. The Morgan fingerprint density at radius 2 is 1.87 bits per heavy atom. The number of aromatic nitrogens is 4. The van der Waals surface area contributed by atoms with E-state index in [1.807, 2.05) is 96.3 Å². The van der Waals surface area contributed by atoms with E-state index in [0.717, 1.165) is 27.8 Å². The van der Waals surface area contributed by atoms with Crippen LogP contribution in [0.3, 0.4) is 0 Å². The Bertz CT molecular complexity index is 1170. The standard InChI is InChI=1S/C23H23N5OS/c1-16(21-15-25-28(17(21)2)19-9-5-4-6-10-19)26-22(29)18-8-7-11-20(14-18)27-13-12-24-23(27)30-3/h4-16H,1-3H3,(H,26,29). The van der Waals surface area contributed by atoms with E-state index in [0.29, 0.717) is 5.56 Å². The molecule has 0 radical (unpaired) electrons. The average Bonchev–Trinajstić information content (AvgIpc) is 3.41. The highest BCUT2D eigenvalue weighted by Gasteiger charge is 2.17. The summed E-state index contributed by atoms with van der Waals surface area (Å²) in [5.41, 5.74) is 4.50. The van der Waals surface area contributed by atoms with Gasteiger partial charge in [-0.15, -0.1) is 0 Å². The van der Waals surface area contributed by atoms with Crippen LogP contribution in [0.1, 0.15) is 34.6 Å². The Hall–Kier alpha value is -3.32. The van der Waals surface area contributed by atoms with E-state index < -0.39 is 0 Å². The van der Waals surface area contributed by atoms with E-state index in [1.54, 1.807) is 18.0 Å². The number of nitrogens with zero attached hydrogens (tertiary/aromatic N) is 4. The van der Waals surface area contributed by atoms with Crippen molar-refractivity contribution in [3.05, 3.63) is 90.0 Å². The number of hydrogen-bond acceptors (Lipinski definition) is 4. The summed E-state index contributed by atoms with van der Waals surface area (Å²) in [4.78, 5) is 17.3. The topological polar surface area (TPSA) is 64.7 Å². The number of rotatable bonds is 6. The average molecular weight is 418 g/mol. The molecule has 1 amide bonds. The minimum absolute atomic E-state index is 0.123. The first-order valence-corrected chi connectivity index (χ1v) is 10.9. The van der Waals surface area contributed by atoms with Crippen molar-refractivity contribution >= 4 is 17.7 Å². The van der Waals surface area contributed by atoms with E-state index >= 15 is 0 Å². The van der Waals surface area contributed by atoms with Gasteiger partial charge in [0.15, 0.2) is 5.16 Å². The lowest BCUT2D eigenvalue weighted by Crippen LogP contribution is -2.27. The number of imidazole rings is 1. The summed E-state index contributed by atoms with van der Waals surface area (Å²) < 4.78 is 3.86. The highest BCUT2D eigenvalue weighted by molar-refractivity contribution is 7.98. The van der Waals surface area contributed by atoms with Gasteiger partial charge >= 0.3 is 0 Å². The zero-order valence-electron chi connectivity index (χ0n) is 17.1. The fraction of sp³-hybridized carbons (Fsp3) is 0.174. The van der Waals surface area contributed by atoms with Gasteiger partial charge in [0.1, 0.15) is 0 Å². The SMILES string of the molecule is CSc1nccn1-c1cccc(C(=O)NC(C)c2cnn(-c3ccccc3)c2C)c1. The monoisotopic (exact) mass is 417 g/mol. The summed E-state index contributed by atoms with van der Waals surface area (Å²) in [5.74, 6) is -0.123. The van der Waals surface area contributed by atoms with Crippen LogP contribution in [0.15, 0.2) is 78.3 Å². The van der Waals surface area contributed by atoms with Gasteiger partial charge in [0, 0.05) is 34.9 Å². The van der Waals surface area contributed by atoms with E-state index in [4.69, 9.17) is 0 Å². The van der Waals surface area contributed by atoms with Gasteiger partial charge in [-0.1, -0.05) is 36.0 Å². The molecule has 2 aromatic carbocycles. The van der Waals surface area contributed by atoms with Crippen LogP contribution in [0.2, 0.25) is 0 Å². The highest BCUT2D eigenvalue weighted by Crippen LogP contribution is 2.22. The molecule has 0 saturated carbocycles. The highest BCUT2D eigenvalue weighted by atomic mass is 32.2. The van der Waals surface area contributed by atoms with Crippen molar-refractivity contribution in [2.45, 2.75) is 25.0 Å². The summed E-state index contributed by atoms with van der Waals surface area (Å²) in [6, 6.07) is 17.3. The molecule has 0 aliphatic heterocycles. The third kappa shape index (κ3) is 3.89. The maximum absolute atomic E-state index is 12.9. The summed E-state index contributed by atoms with van der Waals surface area (Å²) in [6.45, 7) is 3.99. The van der Waals surface area contributed by atoms with Crippen LogP contribution in [-0.4, -0.2) is 31.5 Å². The van der Waals surface area contributed by atoms with Gasteiger partial charge < -0.3 is 5.32 Å². The van der Waals surface area contributed by atoms with Gasteiger partial charge in [0.2, 0.25) is 0 Å². The van der Waals surface area contributed by atoms with Crippen molar-refractivity contribution in [3.63, 3.8) is 0 Å². The minimum Gasteiger partial charge on any atom is -0.345 e. The lowest BCUT2D eigenvalue weighted by molar-refractivity contribution is 0.0940. The predicted octanol–water partition coefficient (Wildman–Crippen LogP) is 4.58. The van der Waals surface area contributed by atoms with E-state index in [9.17, 15) is 4.79 Å². The molecule has 0 spiro atoms. The van der Waals surface area contributed by atoms with Crippen LogP contribution in [0.5, 0.6) is 0 Å². The molecule has 0 aliphatic carbocycles. The molecule has 2 aromatic heterocycles. The third-order valence-corrected chi connectivity index (χ3v) is 5.71. The zero-order chi connectivity index (χ0) is 21.1. The van der Waals surface area contributed by atoms with Crippen molar-refractivity contribution in [2.24, 2.45) is 0 Å². The Balaban J connectivity index is 1.54. The zero-order valence-corrected chi connectivity index (χ0v) is 17.9. The molecule has 0 saturated heterocycles. The predicted molar refractivity (Wildman–Crippen MR) is 120 cm³/mol. The first-order chi connectivity index (χ1) is 14.6. The molecular weight excluding hydrogens is 394 g/mol. The van der Waals surface area contributed by atoms with Crippen LogP contribution in [0.4, 0.5) is 0 Å². The van der Waals surface area contributed by atoms with Crippen molar-refractivity contribution in [2.75, 3.05) is 6.26 Å². The van der Waals surface area contributed by atoms with E-state index in [2.05, 4.69) is 15.4 Å². The normalized spacial score (nSPS) is 12.0. The second-order valence-corrected chi connectivity index (χ2v) is 7.74. The second-order valence-electron chi connectivity index (χ2n) is 6.96. The molecule has 1 N–H and O–H groups in total. The molecule has 4 rings (SSSR count). The van der Waals surface area contributed by atoms with Crippen LogP contribution in [0, 0.1) is 6.92 Å². The molecule has 2 heterocycles. The van der Waals surface area contributed by atoms with Crippen molar-refractivity contribution in [1.29, 1.82) is 0 Å². The maximum atomic E-state index is 12.9. The molecule has 152 valence electrons. The number of nitrogens with one attached hydrogen (secondary N) is 1. The summed E-state index contributed by atoms with van der Waals surface area (Å²) >= 11 is 1.56. The third-order valence-electron chi connectivity index (χ3n) is 5.04. The number of carbonyl (C=O) groups excluding carboxylic acids is 1. The maximum Gasteiger partial charge on any atom is 0.251 e. The van der Waals surface area contributed by atoms with Crippen LogP contribution < -0.4 is 5.32 Å². The Kier molecular flexibility index (Phi) is 5.72. The molecule has 1 atom stereocenters. The first kappa shape index (κ1) is 20.0. The smallest absolute Gasteiger partial charge is 0.251 e. The molecular formula is C23H23N5OS. The molecule has 30 heavy (non-hydrogen) atoms. The van der Waals surface area contributed by atoms with Gasteiger partial charge in [-0.05, 0) is 50.4 Å². The summed E-state index contributed by atoms with van der Waals surface area (Å²) in [5, 5.41) is 8.48. The Morgan fingerprint density at radius 1 is 1.10 bits per heavy atom. The van der Waals surface area contributed by atoms with Crippen molar-refractivity contribution in [3.8, 4) is 11.4 Å². The quantitative estimate of drug-likeness (QED) is 0.467. The lowest BCUT2D eigenvalue weighted by atomic mass is 10.1. The van der Waals surface area contributed by atoms with Crippen molar-refractivity contribution in [1.82, 2.24) is 24.6 Å². The summed E-state index contributed by atoms with van der Waals surface area (Å²) in [7, 11) is 0. The number of hydrogen-bond donors (Lipinski definition) is 1. The molecule has 6 nitrogen and oxygen atoms in total. The van der Waals surface area contributed by atoms with Gasteiger partial charge in [0.25, 0.3) is 5.91 Å². The van der Waals surface area contributed by atoms with E-state index in [1.165, 1.54) is 0 Å². The number of para-hydroxylation sites is 1. The van der Waals surface area contributed by atoms with Crippen LogP contribution in [0.25, 0.3) is 11.4 Å². The number of benzene rings is 2. The van der Waals surface area contributed by atoms with Gasteiger partial charge in [0.05, 0.1) is 17.9 Å². The second kappa shape index (κ2) is 8.59. The number of thioether (sulfide) groups is 1. The molecule has 4 aromatic rings. The molecule has 1 unspecified atom stereocenters. The minimum atomic E-state index is -0.173. The van der Waals surface area contributed by atoms with Crippen LogP contribution >= 0.6 is 11.8 Å². The number of carbonyl (C=O) groups is 1. The fourth-order valence-electron chi connectivity index (χ4n) is 3.47. The van der Waals surface area contributed by atoms with Crippen molar-refractivity contribution < 1.29 is 4.79 Å². The van der Waals surface area contributed by atoms with Gasteiger partial charge in [-0.3, -0.25) is 9.36 Å². The lowest BCUT2D eigenvalue weighted by Gasteiger charge is -2.15. The van der Waals surface area contributed by atoms with E-state index in [-0.39, 0.29) is 11.9 Å². The van der Waals surface area contributed by atoms with Crippen LogP contribution in [-0.2, 0) is 0 Å². The fourth-order valence-corrected chi connectivity index (χ4v) is 4.00. The Labute approximate surface area is 180 Å². The summed E-state index contributed by atoms with van der Waals surface area (Å²) in [6.07, 6.45) is 7.45. The van der Waals surface area contributed by atoms with Gasteiger partial charge in [-0.2, -0.15) is 5.10 Å².